The van der Waals surface area contributed by atoms with Gasteiger partial charge in [0.25, 0.3) is 0 Å². The fourth-order valence-electron chi connectivity index (χ4n) is 2.03. The molecule has 2 nitrogen and oxygen atoms in total. The van der Waals surface area contributed by atoms with Gasteiger partial charge in [-0.3, -0.25) is 0 Å². The molecule has 0 spiro atoms. The molecule has 1 N–H and O–H groups in total. The molecule has 3 rings (SSSR count). The fourth-order valence-corrected chi connectivity index (χ4v) is 3.49. The minimum Gasteiger partial charge on any atom is -0.331 e. The standard InChI is InChI=1S/C13H10BrFN2S2/c1-7-5-19-6-8(7)4-17-12-3-10(15)9(14)2-11(12)16-13(17)18/h2-3,5-6H,4H2,1H3,(H,16,18). The predicted octanol–water partition coefficient (Wildman–Crippen LogP) is 5.02. The lowest BCUT2D eigenvalue weighted by atomic mass is 10.2. The van der Waals surface area contributed by atoms with Crippen molar-refractivity contribution in [3.8, 4) is 0 Å². The maximum atomic E-state index is 13.7. The molecule has 0 aliphatic heterocycles. The molecule has 2 heterocycles. The van der Waals surface area contributed by atoms with Gasteiger partial charge in [-0.25, -0.2) is 4.39 Å². The first kappa shape index (κ1) is 13.0. The van der Waals surface area contributed by atoms with Crippen molar-refractivity contribution >= 4 is 50.5 Å². The van der Waals surface area contributed by atoms with E-state index < -0.39 is 0 Å². The number of imidazole rings is 1. The number of hydrogen-bond acceptors (Lipinski definition) is 2. The minimum atomic E-state index is -0.280. The van der Waals surface area contributed by atoms with E-state index in [-0.39, 0.29) is 5.82 Å². The summed E-state index contributed by atoms with van der Waals surface area (Å²) in [7, 11) is 0. The molecule has 6 heteroatoms. The molecule has 0 fully saturated rings. The number of aromatic nitrogens is 2. The van der Waals surface area contributed by atoms with Crippen molar-refractivity contribution in [3.05, 3.63) is 49.1 Å². The zero-order valence-corrected chi connectivity index (χ0v) is 13.3. The summed E-state index contributed by atoms with van der Waals surface area (Å²) in [6.45, 7) is 2.73. The first-order valence-corrected chi connectivity index (χ1v) is 7.80. The summed E-state index contributed by atoms with van der Waals surface area (Å²) in [6.07, 6.45) is 0. The van der Waals surface area contributed by atoms with E-state index in [1.165, 1.54) is 17.2 Å². The second-order valence-corrected chi connectivity index (χ2v) is 6.36. The summed E-state index contributed by atoms with van der Waals surface area (Å²) in [6, 6.07) is 3.23. The summed E-state index contributed by atoms with van der Waals surface area (Å²) in [4.78, 5) is 3.11. The maximum absolute atomic E-state index is 13.7. The Morgan fingerprint density at radius 1 is 1.42 bits per heavy atom. The van der Waals surface area contributed by atoms with Crippen LogP contribution in [0, 0.1) is 17.5 Å². The monoisotopic (exact) mass is 356 g/mol. The van der Waals surface area contributed by atoms with Gasteiger partial charge >= 0.3 is 0 Å². The highest BCUT2D eigenvalue weighted by atomic mass is 79.9. The van der Waals surface area contributed by atoms with Gasteiger partial charge in [0, 0.05) is 6.07 Å². The molecule has 98 valence electrons. The molecule has 0 amide bonds. The highest BCUT2D eigenvalue weighted by Gasteiger charge is 2.10. The van der Waals surface area contributed by atoms with Crippen LogP contribution in [0.25, 0.3) is 11.0 Å². The number of aryl methyl sites for hydroxylation is 1. The number of aromatic amines is 1. The molecule has 0 bridgehead atoms. The molecule has 0 aliphatic carbocycles. The predicted molar refractivity (Wildman–Crippen MR) is 82.9 cm³/mol. The van der Waals surface area contributed by atoms with Crippen LogP contribution in [0.3, 0.4) is 0 Å². The highest BCUT2D eigenvalue weighted by Crippen LogP contribution is 2.25. The van der Waals surface area contributed by atoms with Crippen LogP contribution in [0.15, 0.2) is 27.4 Å². The maximum Gasteiger partial charge on any atom is 0.178 e. The van der Waals surface area contributed by atoms with Crippen LogP contribution in [0.5, 0.6) is 0 Å². The molecule has 0 atom stereocenters. The summed E-state index contributed by atoms with van der Waals surface area (Å²) >= 11 is 10.2. The van der Waals surface area contributed by atoms with Crippen molar-refractivity contribution in [2.75, 3.05) is 0 Å². The van der Waals surface area contributed by atoms with E-state index in [1.807, 2.05) is 4.57 Å². The van der Waals surface area contributed by atoms with Crippen LogP contribution in [0.2, 0.25) is 0 Å². The van der Waals surface area contributed by atoms with Gasteiger partial charge in [0.1, 0.15) is 5.82 Å². The van der Waals surface area contributed by atoms with Crippen molar-refractivity contribution in [2.45, 2.75) is 13.5 Å². The molecule has 0 saturated carbocycles. The van der Waals surface area contributed by atoms with E-state index >= 15 is 0 Å². The van der Waals surface area contributed by atoms with E-state index in [9.17, 15) is 4.39 Å². The first-order chi connectivity index (χ1) is 9.06. The van der Waals surface area contributed by atoms with Crippen LogP contribution >= 0.6 is 39.5 Å². The lowest BCUT2D eigenvalue weighted by Gasteiger charge is -2.05. The molecular formula is C13H10BrFN2S2. The lowest BCUT2D eigenvalue weighted by molar-refractivity contribution is 0.622. The van der Waals surface area contributed by atoms with Crippen LogP contribution in [-0.2, 0) is 6.54 Å². The van der Waals surface area contributed by atoms with Gasteiger partial charge < -0.3 is 9.55 Å². The first-order valence-electron chi connectivity index (χ1n) is 5.65. The van der Waals surface area contributed by atoms with E-state index in [0.717, 1.165) is 11.0 Å². The van der Waals surface area contributed by atoms with Crippen LogP contribution in [0.1, 0.15) is 11.1 Å². The third kappa shape index (κ3) is 2.28. The Morgan fingerprint density at radius 3 is 2.89 bits per heavy atom. The van der Waals surface area contributed by atoms with Gasteiger partial charge in [0.2, 0.25) is 0 Å². The van der Waals surface area contributed by atoms with Crippen molar-refractivity contribution in [1.29, 1.82) is 0 Å². The Labute approximate surface area is 127 Å². The number of nitrogens with zero attached hydrogens (tertiary/aromatic N) is 1. The average Bonchev–Trinajstić information content (AvgIpc) is 2.88. The summed E-state index contributed by atoms with van der Waals surface area (Å²) in [5.74, 6) is -0.280. The van der Waals surface area contributed by atoms with Gasteiger partial charge in [-0.15, -0.1) is 0 Å². The molecule has 0 unspecified atom stereocenters. The molecule has 0 radical (unpaired) electrons. The topological polar surface area (TPSA) is 20.7 Å². The van der Waals surface area contributed by atoms with Crippen molar-refractivity contribution < 1.29 is 4.39 Å². The molecule has 0 aliphatic rings. The highest BCUT2D eigenvalue weighted by molar-refractivity contribution is 9.10. The zero-order chi connectivity index (χ0) is 13.6. The number of thiophene rings is 1. The number of fused-ring (bicyclic) bond motifs is 1. The van der Waals surface area contributed by atoms with E-state index in [4.69, 9.17) is 12.2 Å². The summed E-state index contributed by atoms with van der Waals surface area (Å²) in [5.41, 5.74) is 4.08. The van der Waals surface area contributed by atoms with Gasteiger partial charge in [-0.1, -0.05) is 0 Å². The molecular weight excluding hydrogens is 347 g/mol. The minimum absolute atomic E-state index is 0.280. The van der Waals surface area contributed by atoms with Gasteiger partial charge in [-0.2, -0.15) is 11.3 Å². The van der Waals surface area contributed by atoms with E-state index in [0.29, 0.717) is 15.8 Å². The van der Waals surface area contributed by atoms with Crippen LogP contribution in [0.4, 0.5) is 4.39 Å². The Morgan fingerprint density at radius 2 is 2.21 bits per heavy atom. The quantitative estimate of drug-likeness (QED) is 0.639. The Kier molecular flexibility index (Phi) is 3.32. The summed E-state index contributed by atoms with van der Waals surface area (Å²) < 4.78 is 16.7. The largest absolute Gasteiger partial charge is 0.331 e. The van der Waals surface area contributed by atoms with E-state index in [2.05, 4.69) is 38.6 Å². The Bertz CT molecular complexity index is 816. The number of H-pyrrole nitrogens is 1. The second-order valence-electron chi connectivity index (χ2n) is 4.38. The number of nitrogens with one attached hydrogen (secondary N) is 1. The van der Waals surface area contributed by atoms with Crippen molar-refractivity contribution in [1.82, 2.24) is 9.55 Å². The van der Waals surface area contributed by atoms with Crippen LogP contribution in [-0.4, -0.2) is 9.55 Å². The number of hydrogen-bond donors (Lipinski definition) is 1. The average molecular weight is 357 g/mol. The zero-order valence-electron chi connectivity index (χ0n) is 10.0. The third-order valence-electron chi connectivity index (χ3n) is 3.11. The molecule has 2 aromatic heterocycles. The lowest BCUT2D eigenvalue weighted by Crippen LogP contribution is -2.00. The summed E-state index contributed by atoms with van der Waals surface area (Å²) in [5, 5.41) is 4.20. The smallest absolute Gasteiger partial charge is 0.178 e. The SMILES string of the molecule is Cc1cscc1Cn1c(=S)[nH]c2cc(Br)c(F)cc21. The van der Waals surface area contributed by atoms with Gasteiger partial charge in [0.05, 0.1) is 22.1 Å². The molecule has 3 aromatic rings. The van der Waals surface area contributed by atoms with Crippen LogP contribution < -0.4 is 0 Å². The van der Waals surface area contributed by atoms with Gasteiger partial charge in [0.15, 0.2) is 4.77 Å². The molecule has 19 heavy (non-hydrogen) atoms. The fraction of sp³-hybridized carbons (Fsp3) is 0.154. The number of rotatable bonds is 2. The van der Waals surface area contributed by atoms with Gasteiger partial charge in [-0.05, 0) is 63.0 Å². The number of halogens is 2. The van der Waals surface area contributed by atoms with E-state index in [1.54, 1.807) is 17.4 Å². The second kappa shape index (κ2) is 4.85. The van der Waals surface area contributed by atoms with Crippen molar-refractivity contribution in [2.24, 2.45) is 0 Å². The Balaban J connectivity index is 2.18. The molecule has 1 aromatic carbocycles. The normalized spacial score (nSPS) is 11.3. The third-order valence-corrected chi connectivity index (χ3v) is 4.95. The Hall–Kier alpha value is -0.980. The number of benzene rings is 1. The molecule has 0 saturated heterocycles. The van der Waals surface area contributed by atoms with Crippen molar-refractivity contribution in [3.63, 3.8) is 0 Å².